The molecule has 2 N–H and O–H groups in total. The number of rotatable bonds is 6. The van der Waals surface area contributed by atoms with Gasteiger partial charge in [-0.1, -0.05) is 0 Å². The van der Waals surface area contributed by atoms with Crippen molar-refractivity contribution in [2.45, 2.75) is 51.9 Å². The largest absolute Gasteiger partial charge is 0.380 e. The molecule has 1 fully saturated rings. The zero-order valence-electron chi connectivity index (χ0n) is 12.8. The van der Waals surface area contributed by atoms with Gasteiger partial charge in [-0.3, -0.25) is 0 Å². The summed E-state index contributed by atoms with van der Waals surface area (Å²) in [6, 6.07) is 0.0713. The summed E-state index contributed by atoms with van der Waals surface area (Å²) in [5.41, 5.74) is 5.95. The monoisotopic (exact) mass is 258 g/mol. The van der Waals surface area contributed by atoms with Gasteiger partial charge in [0.05, 0.1) is 17.8 Å². The molecule has 2 atom stereocenters. The standard InChI is InChI=1S/C14H30N2O2/c1-7-17-9-8-16(6)10-11-12(15)14(4,5)18-13(11,2)3/h11-12H,7-10,15H2,1-6H3. The molecule has 0 aliphatic carbocycles. The van der Waals surface area contributed by atoms with Gasteiger partial charge in [-0.05, 0) is 41.7 Å². The van der Waals surface area contributed by atoms with Crippen LogP contribution in [0.15, 0.2) is 0 Å². The summed E-state index contributed by atoms with van der Waals surface area (Å²) in [6.45, 7) is 13.9. The van der Waals surface area contributed by atoms with Crippen LogP contribution in [0.2, 0.25) is 0 Å². The molecule has 0 aromatic heterocycles. The van der Waals surface area contributed by atoms with Crippen molar-refractivity contribution in [3.63, 3.8) is 0 Å². The fourth-order valence-electron chi connectivity index (χ4n) is 2.86. The van der Waals surface area contributed by atoms with Crippen molar-refractivity contribution in [1.29, 1.82) is 0 Å². The molecule has 2 unspecified atom stereocenters. The highest BCUT2D eigenvalue weighted by atomic mass is 16.5. The molecule has 1 heterocycles. The van der Waals surface area contributed by atoms with Gasteiger partial charge in [0.15, 0.2) is 0 Å². The summed E-state index contributed by atoms with van der Waals surface area (Å²) in [6.07, 6.45) is 0. The van der Waals surface area contributed by atoms with Crippen LogP contribution in [0.25, 0.3) is 0 Å². The van der Waals surface area contributed by atoms with Gasteiger partial charge in [0.1, 0.15) is 0 Å². The predicted molar refractivity (Wildman–Crippen MR) is 74.7 cm³/mol. The van der Waals surface area contributed by atoms with Crippen LogP contribution in [0.3, 0.4) is 0 Å². The normalized spacial score (nSPS) is 30.0. The zero-order valence-corrected chi connectivity index (χ0v) is 12.8. The molecule has 0 spiro atoms. The quantitative estimate of drug-likeness (QED) is 0.733. The van der Waals surface area contributed by atoms with Crippen molar-refractivity contribution < 1.29 is 9.47 Å². The van der Waals surface area contributed by atoms with Gasteiger partial charge in [0, 0.05) is 31.7 Å². The molecule has 0 amide bonds. The van der Waals surface area contributed by atoms with E-state index >= 15 is 0 Å². The first-order valence-corrected chi connectivity index (χ1v) is 6.92. The summed E-state index contributed by atoms with van der Waals surface area (Å²) in [5.74, 6) is 0.346. The molecule has 0 saturated carbocycles. The maximum Gasteiger partial charge on any atom is 0.0788 e. The molecule has 1 rings (SSSR count). The van der Waals surface area contributed by atoms with E-state index in [-0.39, 0.29) is 17.2 Å². The fourth-order valence-corrected chi connectivity index (χ4v) is 2.86. The molecular weight excluding hydrogens is 228 g/mol. The van der Waals surface area contributed by atoms with E-state index in [1.165, 1.54) is 0 Å². The average molecular weight is 258 g/mol. The lowest BCUT2D eigenvalue weighted by Gasteiger charge is -2.31. The Kier molecular flexibility index (Phi) is 5.18. The lowest BCUT2D eigenvalue weighted by atomic mass is 9.83. The molecule has 0 aromatic rings. The van der Waals surface area contributed by atoms with Gasteiger partial charge in [-0.25, -0.2) is 0 Å². The highest BCUT2D eigenvalue weighted by Crippen LogP contribution is 2.41. The number of nitrogens with zero attached hydrogens (tertiary/aromatic N) is 1. The molecule has 4 nitrogen and oxygen atoms in total. The van der Waals surface area contributed by atoms with Crippen molar-refractivity contribution in [3.8, 4) is 0 Å². The summed E-state index contributed by atoms with van der Waals surface area (Å²) < 4.78 is 11.5. The van der Waals surface area contributed by atoms with E-state index in [4.69, 9.17) is 15.2 Å². The van der Waals surface area contributed by atoms with Gasteiger partial charge >= 0.3 is 0 Å². The highest BCUT2D eigenvalue weighted by molar-refractivity contribution is 5.04. The zero-order chi connectivity index (χ0) is 14.0. The fraction of sp³-hybridized carbons (Fsp3) is 1.00. The lowest BCUT2D eigenvalue weighted by Crippen LogP contribution is -2.47. The Labute approximate surface area is 112 Å². The molecular formula is C14H30N2O2. The maximum atomic E-state index is 6.35. The second kappa shape index (κ2) is 5.87. The molecule has 1 aliphatic rings. The molecule has 0 aromatic carbocycles. The predicted octanol–water partition coefficient (Wildman–Crippen LogP) is 1.49. The minimum absolute atomic E-state index is 0.0713. The van der Waals surface area contributed by atoms with Gasteiger partial charge in [-0.2, -0.15) is 0 Å². The Hall–Kier alpha value is -0.160. The van der Waals surface area contributed by atoms with Crippen LogP contribution < -0.4 is 5.73 Å². The Morgan fingerprint density at radius 1 is 1.22 bits per heavy atom. The number of hydrogen-bond donors (Lipinski definition) is 1. The van der Waals surface area contributed by atoms with Gasteiger partial charge in [-0.15, -0.1) is 0 Å². The summed E-state index contributed by atoms with van der Waals surface area (Å²) >= 11 is 0. The first-order chi connectivity index (χ1) is 8.20. The number of ether oxygens (including phenoxy) is 2. The summed E-state index contributed by atoms with van der Waals surface area (Å²) in [7, 11) is 2.12. The van der Waals surface area contributed by atoms with Crippen molar-refractivity contribution in [2.75, 3.05) is 33.4 Å². The van der Waals surface area contributed by atoms with E-state index in [0.717, 1.165) is 26.3 Å². The third-order valence-electron chi connectivity index (χ3n) is 3.99. The third kappa shape index (κ3) is 3.67. The Bertz CT molecular complexity index is 267. The minimum Gasteiger partial charge on any atom is -0.380 e. The van der Waals surface area contributed by atoms with Gasteiger partial charge in [0.2, 0.25) is 0 Å². The van der Waals surface area contributed by atoms with E-state index in [0.29, 0.717) is 5.92 Å². The first kappa shape index (κ1) is 15.9. The van der Waals surface area contributed by atoms with Crippen LogP contribution in [-0.4, -0.2) is 55.5 Å². The van der Waals surface area contributed by atoms with E-state index in [1.54, 1.807) is 0 Å². The molecule has 1 saturated heterocycles. The first-order valence-electron chi connectivity index (χ1n) is 6.92. The van der Waals surface area contributed by atoms with Crippen molar-refractivity contribution in [3.05, 3.63) is 0 Å². The molecule has 108 valence electrons. The number of nitrogens with two attached hydrogens (primary N) is 1. The minimum atomic E-state index is -0.241. The van der Waals surface area contributed by atoms with Crippen molar-refractivity contribution >= 4 is 0 Å². The number of likely N-dealkylation sites (N-methyl/N-ethyl adjacent to an activating group) is 1. The molecule has 4 heteroatoms. The van der Waals surface area contributed by atoms with E-state index in [9.17, 15) is 0 Å². The van der Waals surface area contributed by atoms with Gasteiger partial charge in [0.25, 0.3) is 0 Å². The van der Waals surface area contributed by atoms with Crippen molar-refractivity contribution in [1.82, 2.24) is 4.90 Å². The SMILES string of the molecule is CCOCCN(C)CC1C(N)C(C)(C)OC1(C)C. The Morgan fingerprint density at radius 2 is 1.83 bits per heavy atom. The highest BCUT2D eigenvalue weighted by Gasteiger charge is 2.52. The van der Waals surface area contributed by atoms with E-state index in [1.807, 2.05) is 6.92 Å². The second-order valence-electron chi connectivity index (χ2n) is 6.40. The summed E-state index contributed by atoms with van der Waals surface area (Å²) in [5, 5.41) is 0. The second-order valence-corrected chi connectivity index (χ2v) is 6.40. The van der Waals surface area contributed by atoms with Crippen LogP contribution >= 0.6 is 0 Å². The number of hydrogen-bond acceptors (Lipinski definition) is 4. The van der Waals surface area contributed by atoms with Crippen LogP contribution in [0, 0.1) is 5.92 Å². The maximum absolute atomic E-state index is 6.35. The van der Waals surface area contributed by atoms with Crippen LogP contribution in [0.1, 0.15) is 34.6 Å². The van der Waals surface area contributed by atoms with Gasteiger partial charge < -0.3 is 20.1 Å². The van der Waals surface area contributed by atoms with Crippen molar-refractivity contribution in [2.24, 2.45) is 11.7 Å². The third-order valence-corrected chi connectivity index (χ3v) is 3.99. The lowest BCUT2D eigenvalue weighted by molar-refractivity contribution is -0.0783. The smallest absolute Gasteiger partial charge is 0.0788 e. The molecule has 18 heavy (non-hydrogen) atoms. The van der Waals surface area contributed by atoms with Crippen LogP contribution in [0.5, 0.6) is 0 Å². The van der Waals surface area contributed by atoms with Crippen LogP contribution in [0.4, 0.5) is 0 Å². The summed E-state index contributed by atoms with van der Waals surface area (Å²) in [4.78, 5) is 2.28. The Morgan fingerprint density at radius 3 is 2.28 bits per heavy atom. The molecule has 0 radical (unpaired) electrons. The Balaban J connectivity index is 2.54. The topological polar surface area (TPSA) is 47.7 Å². The molecule has 1 aliphatic heterocycles. The van der Waals surface area contributed by atoms with Crippen LogP contribution in [-0.2, 0) is 9.47 Å². The van der Waals surface area contributed by atoms with E-state index in [2.05, 4.69) is 39.6 Å². The van der Waals surface area contributed by atoms with E-state index < -0.39 is 0 Å². The average Bonchev–Trinajstić information content (AvgIpc) is 2.37. The molecule has 0 bridgehead atoms.